The first-order chi connectivity index (χ1) is 7.00. The topological polar surface area (TPSA) is 29.3 Å². The molecule has 0 saturated carbocycles. The van der Waals surface area contributed by atoms with E-state index in [4.69, 9.17) is 5.73 Å². The van der Waals surface area contributed by atoms with E-state index in [1.807, 2.05) is 0 Å². The van der Waals surface area contributed by atoms with Crippen molar-refractivity contribution >= 4 is 0 Å². The molecule has 0 spiro atoms. The van der Waals surface area contributed by atoms with E-state index in [1.165, 1.54) is 32.4 Å². The van der Waals surface area contributed by atoms with Crippen molar-refractivity contribution in [3.63, 3.8) is 0 Å². The molecule has 0 radical (unpaired) electrons. The molecule has 2 unspecified atom stereocenters. The molecule has 0 aromatic heterocycles. The molecule has 1 fully saturated rings. The largest absolute Gasteiger partial charge is 0.329 e. The number of nitrogens with two attached hydrogens (primary N) is 1. The van der Waals surface area contributed by atoms with Crippen LogP contribution in [0.5, 0.6) is 0 Å². The normalized spacial score (nSPS) is 25.4. The summed E-state index contributed by atoms with van der Waals surface area (Å²) >= 11 is 0. The van der Waals surface area contributed by atoms with Crippen LogP contribution >= 0.6 is 0 Å². The molecule has 1 aliphatic rings. The summed E-state index contributed by atoms with van der Waals surface area (Å²) in [7, 11) is 0. The lowest BCUT2D eigenvalue weighted by Crippen LogP contribution is -2.44. The van der Waals surface area contributed by atoms with Crippen LogP contribution in [0, 0.1) is 11.3 Å². The van der Waals surface area contributed by atoms with Gasteiger partial charge in [0.1, 0.15) is 0 Å². The molecule has 15 heavy (non-hydrogen) atoms. The molecule has 1 heterocycles. The molecule has 0 aliphatic carbocycles. The summed E-state index contributed by atoms with van der Waals surface area (Å²) in [4.78, 5) is 2.61. The van der Waals surface area contributed by atoms with Gasteiger partial charge in [0.15, 0.2) is 0 Å². The molecule has 2 atom stereocenters. The van der Waals surface area contributed by atoms with Crippen molar-refractivity contribution in [3.05, 3.63) is 0 Å². The quantitative estimate of drug-likeness (QED) is 0.758. The van der Waals surface area contributed by atoms with Crippen LogP contribution in [-0.4, -0.2) is 30.6 Å². The van der Waals surface area contributed by atoms with Crippen molar-refractivity contribution < 1.29 is 0 Å². The number of likely N-dealkylation sites (tertiary alicyclic amines) is 1. The van der Waals surface area contributed by atoms with Gasteiger partial charge < -0.3 is 5.73 Å². The van der Waals surface area contributed by atoms with Crippen LogP contribution in [-0.2, 0) is 0 Å². The Morgan fingerprint density at radius 3 is 2.47 bits per heavy atom. The Balaban J connectivity index is 2.52. The van der Waals surface area contributed by atoms with E-state index in [0.717, 1.165) is 12.5 Å². The van der Waals surface area contributed by atoms with Crippen molar-refractivity contribution in [1.29, 1.82) is 0 Å². The summed E-state index contributed by atoms with van der Waals surface area (Å²) in [5, 5.41) is 0. The van der Waals surface area contributed by atoms with Gasteiger partial charge in [0.25, 0.3) is 0 Å². The fraction of sp³-hybridized carbons (Fsp3) is 1.00. The van der Waals surface area contributed by atoms with Crippen LogP contribution in [0.2, 0.25) is 0 Å². The molecule has 0 aromatic rings. The highest BCUT2D eigenvalue weighted by molar-refractivity contribution is 4.88. The van der Waals surface area contributed by atoms with Gasteiger partial charge in [0.2, 0.25) is 0 Å². The predicted octanol–water partition coefficient (Wildman–Crippen LogP) is 2.48. The van der Waals surface area contributed by atoms with E-state index in [-0.39, 0.29) is 0 Å². The number of hydrogen-bond acceptors (Lipinski definition) is 2. The molecule has 2 nitrogen and oxygen atoms in total. The molecule has 1 aliphatic heterocycles. The second kappa shape index (κ2) is 5.31. The lowest BCUT2D eigenvalue weighted by atomic mass is 9.92. The molecule has 0 bridgehead atoms. The zero-order chi connectivity index (χ0) is 11.5. The maximum Gasteiger partial charge on any atom is 0.0244 e. The standard InChI is InChI=1S/C13H28N2/c1-5-6-11(2)12(9-14)15-8-7-13(3,4)10-15/h11-12H,5-10,14H2,1-4H3. The van der Waals surface area contributed by atoms with Gasteiger partial charge in [-0.1, -0.05) is 34.1 Å². The minimum atomic E-state index is 0.499. The van der Waals surface area contributed by atoms with E-state index in [0.29, 0.717) is 11.5 Å². The Morgan fingerprint density at radius 2 is 2.07 bits per heavy atom. The zero-order valence-corrected chi connectivity index (χ0v) is 10.9. The third-order valence-corrected chi connectivity index (χ3v) is 3.82. The summed E-state index contributed by atoms with van der Waals surface area (Å²) < 4.78 is 0. The maximum absolute atomic E-state index is 5.93. The van der Waals surface area contributed by atoms with Crippen LogP contribution in [0.4, 0.5) is 0 Å². The first-order valence-corrected chi connectivity index (χ1v) is 6.44. The Kier molecular flexibility index (Phi) is 4.60. The molecule has 0 amide bonds. The second-order valence-electron chi connectivity index (χ2n) is 5.95. The third-order valence-electron chi connectivity index (χ3n) is 3.82. The summed E-state index contributed by atoms with van der Waals surface area (Å²) in [6.07, 6.45) is 3.90. The van der Waals surface area contributed by atoms with Gasteiger partial charge in [-0.25, -0.2) is 0 Å². The average molecular weight is 212 g/mol. The maximum atomic E-state index is 5.93. The third kappa shape index (κ3) is 3.46. The lowest BCUT2D eigenvalue weighted by molar-refractivity contribution is 0.165. The monoisotopic (exact) mass is 212 g/mol. The van der Waals surface area contributed by atoms with E-state index in [1.54, 1.807) is 0 Å². The first kappa shape index (κ1) is 13.0. The Hall–Kier alpha value is -0.0800. The van der Waals surface area contributed by atoms with E-state index in [2.05, 4.69) is 32.6 Å². The highest BCUT2D eigenvalue weighted by Gasteiger charge is 2.34. The van der Waals surface area contributed by atoms with Crippen LogP contribution in [0.1, 0.15) is 47.0 Å². The number of rotatable bonds is 5. The SMILES string of the molecule is CCCC(C)C(CN)N1CCC(C)(C)C1. The van der Waals surface area contributed by atoms with E-state index >= 15 is 0 Å². The number of hydrogen-bond donors (Lipinski definition) is 1. The minimum Gasteiger partial charge on any atom is -0.329 e. The molecule has 1 rings (SSSR count). The van der Waals surface area contributed by atoms with Gasteiger partial charge in [-0.2, -0.15) is 0 Å². The van der Waals surface area contributed by atoms with Crippen LogP contribution in [0.25, 0.3) is 0 Å². The second-order valence-corrected chi connectivity index (χ2v) is 5.95. The van der Waals surface area contributed by atoms with E-state index < -0.39 is 0 Å². The van der Waals surface area contributed by atoms with Crippen molar-refractivity contribution in [2.24, 2.45) is 17.1 Å². The average Bonchev–Trinajstić information content (AvgIpc) is 2.48. The molecule has 1 saturated heterocycles. The molecular formula is C13H28N2. The Bertz CT molecular complexity index is 189. The smallest absolute Gasteiger partial charge is 0.0244 e. The lowest BCUT2D eigenvalue weighted by Gasteiger charge is -2.32. The van der Waals surface area contributed by atoms with Crippen molar-refractivity contribution in [3.8, 4) is 0 Å². The highest BCUT2D eigenvalue weighted by atomic mass is 15.2. The van der Waals surface area contributed by atoms with Crippen molar-refractivity contribution in [2.45, 2.75) is 53.0 Å². The predicted molar refractivity (Wildman–Crippen MR) is 66.9 cm³/mol. The molecule has 2 N–H and O–H groups in total. The molecule has 90 valence electrons. The summed E-state index contributed by atoms with van der Waals surface area (Å²) in [6, 6.07) is 0.603. The molecular weight excluding hydrogens is 184 g/mol. The van der Waals surface area contributed by atoms with Gasteiger partial charge in [-0.15, -0.1) is 0 Å². The summed E-state index contributed by atoms with van der Waals surface area (Å²) in [5.74, 6) is 0.744. The van der Waals surface area contributed by atoms with E-state index in [9.17, 15) is 0 Å². The highest BCUT2D eigenvalue weighted by Crippen LogP contribution is 2.32. The van der Waals surface area contributed by atoms with Crippen LogP contribution < -0.4 is 5.73 Å². The fourth-order valence-corrected chi connectivity index (χ4v) is 2.83. The van der Waals surface area contributed by atoms with Gasteiger partial charge in [0.05, 0.1) is 0 Å². The summed E-state index contributed by atoms with van der Waals surface area (Å²) in [5.41, 5.74) is 6.43. The fourth-order valence-electron chi connectivity index (χ4n) is 2.83. The van der Waals surface area contributed by atoms with Gasteiger partial charge in [-0.3, -0.25) is 4.90 Å². The van der Waals surface area contributed by atoms with Crippen molar-refractivity contribution in [2.75, 3.05) is 19.6 Å². The first-order valence-electron chi connectivity index (χ1n) is 6.44. The number of nitrogens with zero attached hydrogens (tertiary/aromatic N) is 1. The van der Waals surface area contributed by atoms with Crippen molar-refractivity contribution in [1.82, 2.24) is 4.90 Å². The van der Waals surface area contributed by atoms with Gasteiger partial charge in [-0.05, 0) is 30.7 Å². The minimum absolute atomic E-state index is 0.499. The van der Waals surface area contributed by atoms with Crippen LogP contribution in [0.3, 0.4) is 0 Å². The zero-order valence-electron chi connectivity index (χ0n) is 10.9. The van der Waals surface area contributed by atoms with Crippen LogP contribution in [0.15, 0.2) is 0 Å². The van der Waals surface area contributed by atoms with Gasteiger partial charge in [0, 0.05) is 19.1 Å². The summed E-state index contributed by atoms with van der Waals surface area (Å²) in [6.45, 7) is 12.6. The molecule has 0 aromatic carbocycles. The van der Waals surface area contributed by atoms with Gasteiger partial charge >= 0.3 is 0 Å². The molecule has 2 heteroatoms. The Morgan fingerprint density at radius 1 is 1.40 bits per heavy atom. The Labute approximate surface area is 95.2 Å².